The SMILES string of the molecule is c1ccc(C(c2ccc[nH]2)c2ccc(C(c3ccccc3)c3ccc[nH]3)[se]2)cc1. The van der Waals surface area contributed by atoms with Gasteiger partial charge in [0.05, 0.1) is 0 Å². The summed E-state index contributed by atoms with van der Waals surface area (Å²) in [6.07, 6.45) is 4.04. The molecule has 0 radical (unpaired) electrons. The number of nitrogens with one attached hydrogen (secondary N) is 2. The number of aromatic nitrogens is 2. The molecule has 2 N–H and O–H groups in total. The molecule has 3 heteroatoms. The van der Waals surface area contributed by atoms with E-state index in [1.165, 1.54) is 31.4 Å². The molecule has 0 spiro atoms. The average molecular weight is 441 g/mol. The Morgan fingerprint density at radius 1 is 0.483 bits per heavy atom. The molecule has 29 heavy (non-hydrogen) atoms. The van der Waals surface area contributed by atoms with Gasteiger partial charge in [0.1, 0.15) is 0 Å². The molecule has 2 aromatic carbocycles. The van der Waals surface area contributed by atoms with E-state index in [9.17, 15) is 0 Å². The van der Waals surface area contributed by atoms with Crippen molar-refractivity contribution in [3.63, 3.8) is 0 Å². The van der Waals surface area contributed by atoms with Crippen molar-refractivity contribution in [2.24, 2.45) is 0 Å². The van der Waals surface area contributed by atoms with Gasteiger partial charge in [0.25, 0.3) is 0 Å². The van der Waals surface area contributed by atoms with E-state index in [-0.39, 0.29) is 26.3 Å². The van der Waals surface area contributed by atoms with Gasteiger partial charge in [-0.2, -0.15) is 0 Å². The molecule has 0 amide bonds. The van der Waals surface area contributed by atoms with Gasteiger partial charge in [0, 0.05) is 0 Å². The zero-order valence-corrected chi connectivity index (χ0v) is 17.7. The molecule has 5 aromatic rings. The summed E-state index contributed by atoms with van der Waals surface area (Å²) in [6.45, 7) is 0. The standard InChI is InChI=1S/C26H22N2Se/c1-3-9-19(10-4-1)25(21-13-7-17-27-21)23-15-16-24(29-23)26(22-14-8-18-28-22)20-11-5-2-6-12-20/h1-18,25-28H. The predicted octanol–water partition coefficient (Wildman–Crippen LogP) is 5.76. The summed E-state index contributed by atoms with van der Waals surface area (Å²) in [6, 6.07) is 34.9. The summed E-state index contributed by atoms with van der Waals surface area (Å²) in [7, 11) is 0. The van der Waals surface area contributed by atoms with Gasteiger partial charge in [0.15, 0.2) is 0 Å². The summed E-state index contributed by atoms with van der Waals surface area (Å²) < 4.78 is 2.99. The Kier molecular flexibility index (Phi) is 5.08. The van der Waals surface area contributed by atoms with E-state index in [1.807, 2.05) is 12.4 Å². The molecular formula is C26H22N2Se. The minimum absolute atomic E-state index is 0.275. The molecule has 3 heterocycles. The van der Waals surface area contributed by atoms with Crippen LogP contribution in [-0.4, -0.2) is 24.5 Å². The van der Waals surface area contributed by atoms with E-state index in [1.54, 1.807) is 0 Å². The fraction of sp³-hybridized carbons (Fsp3) is 0.0769. The van der Waals surface area contributed by atoms with Crippen molar-refractivity contribution in [2.75, 3.05) is 0 Å². The number of aromatic amines is 2. The first-order valence-electron chi connectivity index (χ1n) is 9.86. The Morgan fingerprint density at radius 3 is 1.31 bits per heavy atom. The molecule has 0 fully saturated rings. The first-order chi connectivity index (χ1) is 14.4. The Bertz CT molecular complexity index is 1050. The molecule has 2 atom stereocenters. The van der Waals surface area contributed by atoms with Gasteiger partial charge in [-0.1, -0.05) is 0 Å². The maximum absolute atomic E-state index is 3.46. The van der Waals surface area contributed by atoms with Crippen LogP contribution in [0, 0.1) is 0 Å². The molecule has 5 rings (SSSR count). The molecule has 0 saturated carbocycles. The van der Waals surface area contributed by atoms with E-state index < -0.39 is 0 Å². The summed E-state index contributed by atoms with van der Waals surface area (Å²) in [5.74, 6) is 0.556. The molecule has 3 aromatic heterocycles. The number of hydrogen-bond acceptors (Lipinski definition) is 0. The van der Waals surface area contributed by atoms with Gasteiger partial charge in [-0.15, -0.1) is 0 Å². The second-order valence-electron chi connectivity index (χ2n) is 7.18. The average Bonchev–Trinajstić information content (AvgIpc) is 3.54. The van der Waals surface area contributed by atoms with Gasteiger partial charge in [0.2, 0.25) is 0 Å². The van der Waals surface area contributed by atoms with Gasteiger partial charge in [-0.3, -0.25) is 0 Å². The fourth-order valence-corrected chi connectivity index (χ4v) is 6.75. The van der Waals surface area contributed by atoms with Crippen molar-refractivity contribution in [1.29, 1.82) is 0 Å². The van der Waals surface area contributed by atoms with Crippen molar-refractivity contribution < 1.29 is 0 Å². The zero-order chi connectivity index (χ0) is 19.5. The Hall–Kier alpha value is -3.00. The predicted molar refractivity (Wildman–Crippen MR) is 120 cm³/mol. The third-order valence-electron chi connectivity index (χ3n) is 5.35. The molecule has 0 aliphatic carbocycles. The quantitative estimate of drug-likeness (QED) is 0.314. The molecule has 142 valence electrons. The van der Waals surface area contributed by atoms with Crippen molar-refractivity contribution in [1.82, 2.24) is 9.97 Å². The van der Waals surface area contributed by atoms with E-state index in [4.69, 9.17) is 0 Å². The first-order valence-corrected chi connectivity index (χ1v) is 11.6. The van der Waals surface area contributed by atoms with Crippen LogP contribution in [0.4, 0.5) is 0 Å². The second kappa shape index (κ2) is 8.16. The minimum atomic E-state index is 0.275. The van der Waals surface area contributed by atoms with Gasteiger partial charge in [-0.05, 0) is 0 Å². The molecular weight excluding hydrogens is 419 g/mol. The Morgan fingerprint density at radius 2 is 0.931 bits per heavy atom. The number of H-pyrrole nitrogens is 2. The van der Waals surface area contributed by atoms with Gasteiger partial charge >= 0.3 is 177 Å². The summed E-state index contributed by atoms with van der Waals surface area (Å²) in [4.78, 5) is 6.91. The molecule has 0 aliphatic rings. The maximum atomic E-state index is 3.46. The van der Waals surface area contributed by atoms with E-state index in [0.29, 0.717) is 0 Å². The van der Waals surface area contributed by atoms with Gasteiger partial charge < -0.3 is 0 Å². The van der Waals surface area contributed by atoms with E-state index >= 15 is 0 Å². The third-order valence-corrected chi connectivity index (χ3v) is 7.90. The molecule has 0 aliphatic heterocycles. The summed E-state index contributed by atoms with van der Waals surface area (Å²) in [5.41, 5.74) is 5.20. The topological polar surface area (TPSA) is 31.6 Å². The van der Waals surface area contributed by atoms with Crippen molar-refractivity contribution in [3.05, 3.63) is 141 Å². The summed E-state index contributed by atoms with van der Waals surface area (Å²) in [5, 5.41) is 0. The van der Waals surface area contributed by atoms with Crippen LogP contribution in [0.15, 0.2) is 109 Å². The Labute approximate surface area is 177 Å². The van der Waals surface area contributed by atoms with Crippen LogP contribution in [0.1, 0.15) is 43.2 Å². The van der Waals surface area contributed by atoms with Crippen LogP contribution >= 0.6 is 0 Å². The second-order valence-corrected chi connectivity index (χ2v) is 9.58. The molecule has 0 bridgehead atoms. The van der Waals surface area contributed by atoms with Crippen LogP contribution in [0.2, 0.25) is 0 Å². The summed E-state index contributed by atoms with van der Waals surface area (Å²) >= 11 is 0.275. The molecule has 2 nitrogen and oxygen atoms in total. The Balaban J connectivity index is 1.59. The van der Waals surface area contributed by atoms with Crippen LogP contribution in [0.5, 0.6) is 0 Å². The number of hydrogen-bond donors (Lipinski definition) is 2. The monoisotopic (exact) mass is 442 g/mol. The fourth-order valence-electron chi connectivity index (χ4n) is 4.01. The van der Waals surface area contributed by atoms with E-state index in [2.05, 4.69) is 107 Å². The zero-order valence-electron chi connectivity index (χ0n) is 16.0. The van der Waals surface area contributed by atoms with Crippen LogP contribution < -0.4 is 0 Å². The normalized spacial score (nSPS) is 13.2. The number of rotatable bonds is 6. The molecule has 2 unspecified atom stereocenters. The van der Waals surface area contributed by atoms with Gasteiger partial charge in [-0.25, -0.2) is 0 Å². The third kappa shape index (κ3) is 3.67. The van der Waals surface area contributed by atoms with Crippen molar-refractivity contribution >= 4 is 14.5 Å². The van der Waals surface area contributed by atoms with Crippen molar-refractivity contribution in [2.45, 2.75) is 11.8 Å². The van der Waals surface area contributed by atoms with Crippen LogP contribution in [0.25, 0.3) is 0 Å². The van der Waals surface area contributed by atoms with Crippen LogP contribution in [0.3, 0.4) is 0 Å². The first kappa shape index (κ1) is 18.1. The van der Waals surface area contributed by atoms with E-state index in [0.717, 1.165) is 0 Å². The van der Waals surface area contributed by atoms with Crippen LogP contribution in [-0.2, 0) is 0 Å². The molecule has 0 saturated heterocycles. The number of benzene rings is 2. The van der Waals surface area contributed by atoms with Crippen molar-refractivity contribution in [3.8, 4) is 0 Å².